The van der Waals surface area contributed by atoms with E-state index < -0.39 is 0 Å². The number of hydrogen-bond acceptors (Lipinski definition) is 3. The van der Waals surface area contributed by atoms with E-state index in [1.54, 1.807) is 0 Å². The number of hydrogen-bond donors (Lipinski definition) is 2. The SMILES string of the molecule is C1=NCCC2=C1NNC2. The van der Waals surface area contributed by atoms with Crippen LogP contribution in [0.5, 0.6) is 0 Å². The molecule has 0 aromatic rings. The predicted molar refractivity (Wildman–Crippen MR) is 36.1 cm³/mol. The lowest BCUT2D eigenvalue weighted by Crippen LogP contribution is -2.24. The molecule has 48 valence electrons. The average molecular weight is 123 g/mol. The molecule has 0 saturated carbocycles. The number of nitrogens with zero attached hydrogens (tertiary/aromatic N) is 1. The number of hydrazine groups is 1. The molecule has 0 radical (unpaired) electrons. The van der Waals surface area contributed by atoms with Crippen LogP contribution in [0.4, 0.5) is 0 Å². The Morgan fingerprint density at radius 3 is 3.44 bits per heavy atom. The molecular formula is C6H9N3. The third kappa shape index (κ3) is 0.733. The third-order valence-electron chi connectivity index (χ3n) is 1.67. The number of aliphatic imine (C=N–C) groups is 1. The molecule has 2 aliphatic heterocycles. The fourth-order valence-corrected chi connectivity index (χ4v) is 1.13. The van der Waals surface area contributed by atoms with E-state index in [2.05, 4.69) is 15.8 Å². The van der Waals surface area contributed by atoms with Crippen LogP contribution in [0.1, 0.15) is 6.42 Å². The highest BCUT2D eigenvalue weighted by Gasteiger charge is 2.13. The van der Waals surface area contributed by atoms with E-state index in [0.717, 1.165) is 19.5 Å². The molecule has 0 spiro atoms. The first kappa shape index (κ1) is 4.99. The van der Waals surface area contributed by atoms with Gasteiger partial charge in [-0.3, -0.25) is 4.99 Å². The maximum Gasteiger partial charge on any atom is 0.0672 e. The van der Waals surface area contributed by atoms with Gasteiger partial charge in [-0.15, -0.1) is 0 Å². The van der Waals surface area contributed by atoms with Crippen LogP contribution in [0.3, 0.4) is 0 Å². The Bertz CT molecular complexity index is 181. The molecule has 0 aromatic carbocycles. The summed E-state index contributed by atoms with van der Waals surface area (Å²) in [5.74, 6) is 0. The predicted octanol–water partition coefficient (Wildman–Crippen LogP) is -0.177. The van der Waals surface area contributed by atoms with Crippen LogP contribution in [0.15, 0.2) is 16.3 Å². The lowest BCUT2D eigenvalue weighted by Gasteiger charge is -2.03. The van der Waals surface area contributed by atoms with E-state index in [4.69, 9.17) is 0 Å². The van der Waals surface area contributed by atoms with E-state index in [1.807, 2.05) is 6.21 Å². The Kier molecular flexibility index (Phi) is 1.02. The molecule has 3 heteroatoms. The summed E-state index contributed by atoms with van der Waals surface area (Å²) in [7, 11) is 0. The Labute approximate surface area is 53.8 Å². The molecule has 2 N–H and O–H groups in total. The van der Waals surface area contributed by atoms with Crippen molar-refractivity contribution in [2.75, 3.05) is 13.1 Å². The van der Waals surface area contributed by atoms with Crippen molar-refractivity contribution in [3.63, 3.8) is 0 Å². The van der Waals surface area contributed by atoms with E-state index in [-0.39, 0.29) is 0 Å². The molecule has 9 heavy (non-hydrogen) atoms. The fourth-order valence-electron chi connectivity index (χ4n) is 1.13. The molecule has 0 saturated heterocycles. The van der Waals surface area contributed by atoms with Crippen LogP contribution < -0.4 is 10.9 Å². The maximum absolute atomic E-state index is 4.13. The molecule has 0 bridgehead atoms. The van der Waals surface area contributed by atoms with Crippen LogP contribution in [-0.4, -0.2) is 19.3 Å². The van der Waals surface area contributed by atoms with Gasteiger partial charge in [0.2, 0.25) is 0 Å². The summed E-state index contributed by atoms with van der Waals surface area (Å²) in [6, 6.07) is 0. The molecule has 2 rings (SSSR count). The minimum atomic E-state index is 0.961. The zero-order valence-electron chi connectivity index (χ0n) is 5.15. The van der Waals surface area contributed by atoms with Crippen LogP contribution in [0, 0.1) is 0 Å². The number of rotatable bonds is 0. The van der Waals surface area contributed by atoms with Gasteiger partial charge in [0.05, 0.1) is 5.70 Å². The van der Waals surface area contributed by atoms with Crippen molar-refractivity contribution >= 4 is 6.21 Å². The lowest BCUT2D eigenvalue weighted by molar-refractivity contribution is 0.710. The highest BCUT2D eigenvalue weighted by Crippen LogP contribution is 2.11. The largest absolute Gasteiger partial charge is 0.320 e. The van der Waals surface area contributed by atoms with Crippen LogP contribution in [-0.2, 0) is 0 Å². The Hall–Kier alpha value is -0.830. The average Bonchev–Trinajstić information content (AvgIpc) is 2.33. The smallest absolute Gasteiger partial charge is 0.0672 e. The molecule has 0 atom stereocenters. The molecular weight excluding hydrogens is 114 g/mol. The van der Waals surface area contributed by atoms with Gasteiger partial charge in [0.1, 0.15) is 0 Å². The van der Waals surface area contributed by atoms with E-state index in [1.165, 1.54) is 11.3 Å². The van der Waals surface area contributed by atoms with E-state index in [0.29, 0.717) is 0 Å². The monoisotopic (exact) mass is 123 g/mol. The van der Waals surface area contributed by atoms with Gasteiger partial charge in [-0.2, -0.15) is 0 Å². The zero-order valence-corrected chi connectivity index (χ0v) is 5.15. The molecule has 2 aliphatic rings. The quantitative estimate of drug-likeness (QED) is 0.469. The number of dihydropyridines is 1. The first-order valence-electron chi connectivity index (χ1n) is 3.17. The van der Waals surface area contributed by atoms with Gasteiger partial charge in [0.25, 0.3) is 0 Å². The van der Waals surface area contributed by atoms with E-state index in [9.17, 15) is 0 Å². The first-order chi connectivity index (χ1) is 4.47. The summed E-state index contributed by atoms with van der Waals surface area (Å²) in [6.45, 7) is 1.95. The summed E-state index contributed by atoms with van der Waals surface area (Å²) in [4.78, 5) is 4.13. The molecule has 0 fully saturated rings. The fraction of sp³-hybridized carbons (Fsp3) is 0.500. The Balaban J connectivity index is 2.28. The highest BCUT2D eigenvalue weighted by molar-refractivity contribution is 5.80. The topological polar surface area (TPSA) is 36.4 Å². The Morgan fingerprint density at radius 2 is 2.56 bits per heavy atom. The van der Waals surface area contributed by atoms with Gasteiger partial charge in [-0.05, 0) is 12.0 Å². The van der Waals surface area contributed by atoms with Crippen LogP contribution in [0.25, 0.3) is 0 Å². The third-order valence-corrected chi connectivity index (χ3v) is 1.67. The minimum Gasteiger partial charge on any atom is -0.320 e. The minimum absolute atomic E-state index is 0.961. The first-order valence-corrected chi connectivity index (χ1v) is 3.17. The summed E-state index contributed by atoms with van der Waals surface area (Å²) in [5, 5.41) is 0. The second kappa shape index (κ2) is 1.84. The summed E-state index contributed by atoms with van der Waals surface area (Å²) in [6.07, 6.45) is 3.02. The Morgan fingerprint density at radius 1 is 1.56 bits per heavy atom. The standard InChI is InChI=1S/C6H9N3/c1-2-7-4-6-5(1)3-8-9-6/h4,8-9H,1-3H2. The molecule has 2 heterocycles. The molecule has 0 unspecified atom stereocenters. The zero-order chi connectivity index (χ0) is 6.10. The summed E-state index contributed by atoms with van der Waals surface area (Å²) >= 11 is 0. The van der Waals surface area contributed by atoms with Gasteiger partial charge in [-0.25, -0.2) is 5.43 Å². The summed E-state index contributed by atoms with van der Waals surface area (Å²) in [5.41, 5.74) is 8.73. The van der Waals surface area contributed by atoms with Gasteiger partial charge < -0.3 is 5.43 Å². The maximum atomic E-state index is 4.13. The van der Waals surface area contributed by atoms with Crippen LogP contribution in [0.2, 0.25) is 0 Å². The lowest BCUT2D eigenvalue weighted by atomic mass is 10.1. The van der Waals surface area contributed by atoms with Crippen molar-refractivity contribution in [2.24, 2.45) is 4.99 Å². The second-order valence-electron chi connectivity index (χ2n) is 2.28. The molecule has 0 aromatic heterocycles. The van der Waals surface area contributed by atoms with Gasteiger partial charge in [-0.1, -0.05) is 0 Å². The summed E-state index contributed by atoms with van der Waals surface area (Å²) < 4.78 is 0. The molecule has 3 nitrogen and oxygen atoms in total. The van der Waals surface area contributed by atoms with Crippen molar-refractivity contribution < 1.29 is 0 Å². The molecule has 0 aliphatic carbocycles. The van der Waals surface area contributed by atoms with Crippen molar-refractivity contribution in [1.82, 2.24) is 10.9 Å². The van der Waals surface area contributed by atoms with Crippen molar-refractivity contribution in [1.29, 1.82) is 0 Å². The van der Waals surface area contributed by atoms with E-state index >= 15 is 0 Å². The van der Waals surface area contributed by atoms with Crippen molar-refractivity contribution in [3.05, 3.63) is 11.3 Å². The van der Waals surface area contributed by atoms with Crippen molar-refractivity contribution in [2.45, 2.75) is 6.42 Å². The number of nitrogens with one attached hydrogen (secondary N) is 2. The van der Waals surface area contributed by atoms with Crippen molar-refractivity contribution in [3.8, 4) is 0 Å². The van der Waals surface area contributed by atoms with Gasteiger partial charge in [0, 0.05) is 19.3 Å². The molecule has 0 amide bonds. The van der Waals surface area contributed by atoms with Gasteiger partial charge >= 0.3 is 0 Å². The normalized spacial score (nSPS) is 24.0. The van der Waals surface area contributed by atoms with Gasteiger partial charge in [0.15, 0.2) is 0 Å². The number of allylic oxidation sites excluding steroid dienone is 1. The highest BCUT2D eigenvalue weighted by atomic mass is 15.4. The van der Waals surface area contributed by atoms with Crippen LogP contribution >= 0.6 is 0 Å². The second-order valence-corrected chi connectivity index (χ2v) is 2.28.